The van der Waals surface area contributed by atoms with Gasteiger partial charge in [0.2, 0.25) is 0 Å². The maximum Gasteiger partial charge on any atom is 0.255 e. The molecule has 0 fully saturated rings. The number of anilines is 1. The first-order chi connectivity index (χ1) is 8.72. The molecule has 7 nitrogen and oxygen atoms in total. The second kappa shape index (κ2) is 4.26. The van der Waals surface area contributed by atoms with Crippen molar-refractivity contribution < 1.29 is 0 Å². The van der Waals surface area contributed by atoms with Crippen molar-refractivity contribution >= 4 is 23.2 Å². The topological polar surface area (TPSA) is 72.9 Å². The van der Waals surface area contributed by atoms with Crippen molar-refractivity contribution in [2.45, 2.75) is 6.54 Å². The van der Waals surface area contributed by atoms with E-state index in [1.807, 2.05) is 19.3 Å². The van der Waals surface area contributed by atoms with E-state index >= 15 is 0 Å². The molecule has 0 unspecified atom stereocenters. The summed E-state index contributed by atoms with van der Waals surface area (Å²) in [6.07, 6.45) is 3.33. The Morgan fingerprint density at radius 1 is 1.44 bits per heavy atom. The Kier molecular flexibility index (Phi) is 2.60. The lowest BCUT2D eigenvalue weighted by Crippen LogP contribution is -2.07. The summed E-state index contributed by atoms with van der Waals surface area (Å²) in [5.74, 6) is 1.19. The second-order valence-corrected chi connectivity index (χ2v) is 4.16. The van der Waals surface area contributed by atoms with Crippen LogP contribution in [0, 0.1) is 0 Å². The third kappa shape index (κ3) is 2.00. The molecule has 0 saturated heterocycles. The van der Waals surface area contributed by atoms with Crippen LogP contribution in [0.15, 0.2) is 24.7 Å². The minimum atomic E-state index is 0.374. The molecule has 0 spiro atoms. The Hall–Kier alpha value is -2.15. The monoisotopic (exact) mass is 263 g/mol. The molecule has 1 N–H and O–H groups in total. The standard InChI is InChI=1S/C10H10ClN7/c1-17-3-2-7(16-17)5-12-9-4-8(11)15-10-13-6-14-18(9)10/h2-4,6,12H,5H2,1H3. The van der Waals surface area contributed by atoms with E-state index in [0.29, 0.717) is 17.5 Å². The van der Waals surface area contributed by atoms with Crippen molar-refractivity contribution in [3.63, 3.8) is 0 Å². The second-order valence-electron chi connectivity index (χ2n) is 3.77. The van der Waals surface area contributed by atoms with Gasteiger partial charge < -0.3 is 5.32 Å². The van der Waals surface area contributed by atoms with Crippen molar-refractivity contribution in [2.75, 3.05) is 5.32 Å². The Bertz CT molecular complexity index is 686. The van der Waals surface area contributed by atoms with Gasteiger partial charge in [0.15, 0.2) is 0 Å². The lowest BCUT2D eigenvalue weighted by molar-refractivity contribution is 0.746. The van der Waals surface area contributed by atoms with E-state index in [2.05, 4.69) is 25.5 Å². The smallest absolute Gasteiger partial charge is 0.255 e. The maximum atomic E-state index is 5.91. The highest BCUT2D eigenvalue weighted by atomic mass is 35.5. The van der Waals surface area contributed by atoms with Gasteiger partial charge in [0.1, 0.15) is 17.3 Å². The molecule has 0 radical (unpaired) electrons. The van der Waals surface area contributed by atoms with Gasteiger partial charge in [-0.25, -0.2) is 0 Å². The summed E-state index contributed by atoms with van der Waals surface area (Å²) >= 11 is 5.91. The lowest BCUT2D eigenvalue weighted by Gasteiger charge is -2.06. The summed E-state index contributed by atoms with van der Waals surface area (Å²) in [5.41, 5.74) is 0.929. The highest BCUT2D eigenvalue weighted by Crippen LogP contribution is 2.15. The number of rotatable bonds is 3. The van der Waals surface area contributed by atoms with Gasteiger partial charge in [-0.1, -0.05) is 11.6 Å². The molecular weight excluding hydrogens is 254 g/mol. The Morgan fingerprint density at radius 2 is 2.33 bits per heavy atom. The molecule has 0 atom stereocenters. The van der Waals surface area contributed by atoms with E-state index in [9.17, 15) is 0 Å². The summed E-state index contributed by atoms with van der Waals surface area (Å²) in [6, 6.07) is 3.64. The van der Waals surface area contributed by atoms with E-state index in [0.717, 1.165) is 11.5 Å². The quantitative estimate of drug-likeness (QED) is 0.717. The zero-order chi connectivity index (χ0) is 12.5. The van der Waals surface area contributed by atoms with Crippen LogP contribution in [-0.4, -0.2) is 29.4 Å². The zero-order valence-corrected chi connectivity index (χ0v) is 10.3. The normalized spacial score (nSPS) is 11.0. The van der Waals surface area contributed by atoms with Gasteiger partial charge in [-0.2, -0.15) is 24.7 Å². The van der Waals surface area contributed by atoms with Gasteiger partial charge in [-0.3, -0.25) is 4.68 Å². The van der Waals surface area contributed by atoms with Gasteiger partial charge in [-0.05, 0) is 6.07 Å². The van der Waals surface area contributed by atoms with E-state index in [1.54, 1.807) is 15.3 Å². The van der Waals surface area contributed by atoms with Crippen LogP contribution < -0.4 is 5.32 Å². The maximum absolute atomic E-state index is 5.91. The number of hydrogen-bond donors (Lipinski definition) is 1. The van der Waals surface area contributed by atoms with Gasteiger partial charge in [0.05, 0.1) is 12.2 Å². The fraction of sp³-hybridized carbons (Fsp3) is 0.200. The predicted octanol–water partition coefficient (Wildman–Crippen LogP) is 1.12. The molecule has 0 bridgehead atoms. The summed E-state index contributed by atoms with van der Waals surface area (Å²) < 4.78 is 3.34. The molecule has 0 aliphatic heterocycles. The van der Waals surface area contributed by atoms with Gasteiger partial charge in [0.25, 0.3) is 5.78 Å². The first-order valence-corrected chi connectivity index (χ1v) is 5.69. The Morgan fingerprint density at radius 3 is 3.11 bits per heavy atom. The van der Waals surface area contributed by atoms with Gasteiger partial charge >= 0.3 is 0 Å². The molecule has 0 aromatic carbocycles. The lowest BCUT2D eigenvalue weighted by atomic mass is 10.4. The molecule has 18 heavy (non-hydrogen) atoms. The molecule has 0 amide bonds. The first kappa shape index (κ1) is 11.0. The minimum Gasteiger partial charge on any atom is -0.364 e. The molecular formula is C10H10ClN7. The van der Waals surface area contributed by atoms with E-state index in [-0.39, 0.29) is 0 Å². The van der Waals surface area contributed by atoms with Crippen LogP contribution in [0.1, 0.15) is 5.69 Å². The highest BCUT2D eigenvalue weighted by molar-refractivity contribution is 6.29. The van der Waals surface area contributed by atoms with E-state index < -0.39 is 0 Å². The summed E-state index contributed by atoms with van der Waals surface area (Å²) in [4.78, 5) is 8.05. The average molecular weight is 264 g/mol. The molecule has 3 rings (SSSR count). The summed E-state index contributed by atoms with van der Waals surface area (Å²) in [6.45, 7) is 0.580. The highest BCUT2D eigenvalue weighted by Gasteiger charge is 2.06. The van der Waals surface area contributed by atoms with Crippen LogP contribution in [0.2, 0.25) is 5.15 Å². The van der Waals surface area contributed by atoms with E-state index in [4.69, 9.17) is 11.6 Å². The number of fused-ring (bicyclic) bond motifs is 1. The van der Waals surface area contributed by atoms with E-state index in [1.165, 1.54) is 6.33 Å². The van der Waals surface area contributed by atoms with Crippen molar-refractivity contribution in [2.24, 2.45) is 7.05 Å². The number of aryl methyl sites for hydroxylation is 1. The number of hydrogen-bond acceptors (Lipinski definition) is 5. The zero-order valence-electron chi connectivity index (χ0n) is 9.58. The molecule has 92 valence electrons. The number of halogens is 1. The van der Waals surface area contributed by atoms with Crippen LogP contribution in [0.4, 0.5) is 5.82 Å². The largest absolute Gasteiger partial charge is 0.364 e. The minimum absolute atomic E-state index is 0.374. The summed E-state index contributed by atoms with van der Waals surface area (Å²) in [5, 5.41) is 11.9. The molecule has 3 heterocycles. The fourth-order valence-electron chi connectivity index (χ4n) is 1.65. The van der Waals surface area contributed by atoms with Crippen LogP contribution in [0.25, 0.3) is 5.78 Å². The fourth-order valence-corrected chi connectivity index (χ4v) is 1.83. The van der Waals surface area contributed by atoms with Crippen molar-refractivity contribution in [3.8, 4) is 0 Å². The van der Waals surface area contributed by atoms with Crippen LogP contribution in [-0.2, 0) is 13.6 Å². The Labute approximate surface area is 107 Å². The molecule has 0 aliphatic rings. The third-order valence-electron chi connectivity index (χ3n) is 2.44. The molecule has 3 aromatic rings. The van der Waals surface area contributed by atoms with Crippen molar-refractivity contribution in [1.82, 2.24) is 29.4 Å². The first-order valence-electron chi connectivity index (χ1n) is 5.31. The number of aromatic nitrogens is 6. The van der Waals surface area contributed by atoms with Crippen LogP contribution >= 0.6 is 11.6 Å². The molecule has 0 saturated carbocycles. The average Bonchev–Trinajstić information content (AvgIpc) is 2.94. The third-order valence-corrected chi connectivity index (χ3v) is 2.63. The van der Waals surface area contributed by atoms with Crippen LogP contribution in [0.3, 0.4) is 0 Å². The SMILES string of the molecule is Cn1ccc(CNc2cc(Cl)nc3ncnn23)n1. The molecule has 0 aliphatic carbocycles. The van der Waals surface area contributed by atoms with Crippen molar-refractivity contribution in [1.29, 1.82) is 0 Å². The number of nitrogens with zero attached hydrogens (tertiary/aromatic N) is 6. The molecule has 3 aromatic heterocycles. The molecule has 8 heteroatoms. The Balaban J connectivity index is 1.87. The van der Waals surface area contributed by atoms with Gasteiger partial charge in [-0.15, -0.1) is 0 Å². The van der Waals surface area contributed by atoms with Gasteiger partial charge in [0, 0.05) is 19.3 Å². The predicted molar refractivity (Wildman–Crippen MR) is 66.3 cm³/mol. The summed E-state index contributed by atoms with van der Waals surface area (Å²) in [7, 11) is 1.88. The number of nitrogens with one attached hydrogen (secondary N) is 1. The van der Waals surface area contributed by atoms with Crippen LogP contribution in [0.5, 0.6) is 0 Å². The van der Waals surface area contributed by atoms with Crippen molar-refractivity contribution in [3.05, 3.63) is 35.5 Å².